The molecule has 0 spiro atoms. The fourth-order valence-electron chi connectivity index (χ4n) is 4.06. The van der Waals surface area contributed by atoms with Crippen LogP contribution in [-0.2, 0) is 29.0 Å². The Hall–Kier alpha value is -3.00. The summed E-state index contributed by atoms with van der Waals surface area (Å²) in [4.78, 5) is 44.1. The van der Waals surface area contributed by atoms with Gasteiger partial charge in [-0.15, -0.1) is 11.3 Å². The van der Waals surface area contributed by atoms with E-state index in [-0.39, 0.29) is 24.6 Å². The number of carbonyl (C=O) groups is 2. The van der Waals surface area contributed by atoms with Crippen molar-refractivity contribution in [3.8, 4) is 0 Å². The Morgan fingerprint density at radius 3 is 2.71 bits per heavy atom. The zero-order chi connectivity index (χ0) is 22.1. The number of para-hydroxylation sites is 1. The van der Waals surface area contributed by atoms with E-state index in [9.17, 15) is 14.4 Å². The summed E-state index contributed by atoms with van der Waals surface area (Å²) >= 11 is 1.58. The lowest BCUT2D eigenvalue weighted by Crippen LogP contribution is -2.37. The number of anilines is 1. The number of aromatic nitrogens is 2. The minimum atomic E-state index is -0.405. The molecule has 2 heterocycles. The average molecular weight is 439 g/mol. The molecule has 2 N–H and O–H groups in total. The van der Waals surface area contributed by atoms with Crippen molar-refractivity contribution < 1.29 is 9.59 Å². The maximum atomic E-state index is 13.0. The highest BCUT2D eigenvalue weighted by atomic mass is 32.1. The van der Waals surface area contributed by atoms with Crippen LogP contribution < -0.4 is 16.2 Å². The number of carbonyl (C=O) groups excluding carboxylic acids is 2. The fraction of sp³-hybridized carbons (Fsp3) is 0.391. The molecular formula is C23H26N4O3S. The van der Waals surface area contributed by atoms with E-state index in [1.165, 1.54) is 15.8 Å². The predicted molar refractivity (Wildman–Crippen MR) is 123 cm³/mol. The van der Waals surface area contributed by atoms with E-state index in [4.69, 9.17) is 0 Å². The van der Waals surface area contributed by atoms with E-state index < -0.39 is 5.91 Å². The molecule has 0 bridgehead atoms. The van der Waals surface area contributed by atoms with E-state index in [0.29, 0.717) is 11.3 Å². The van der Waals surface area contributed by atoms with Gasteiger partial charge in [0.1, 0.15) is 11.4 Å². The summed E-state index contributed by atoms with van der Waals surface area (Å²) in [6, 6.07) is 5.76. The lowest BCUT2D eigenvalue weighted by molar-refractivity contribution is -0.124. The number of thiophene rings is 1. The number of hydrogen-bond acceptors (Lipinski definition) is 5. The molecule has 2 amide bonds. The molecule has 162 valence electrons. The number of rotatable bonds is 5. The number of aryl methyl sites for hydroxylation is 3. The normalized spacial score (nSPS) is 15.5. The summed E-state index contributed by atoms with van der Waals surface area (Å²) < 4.78 is 1.33. The molecule has 0 radical (unpaired) electrons. The smallest absolute Gasteiger partial charge is 0.262 e. The number of hydrogen-bond donors (Lipinski definition) is 2. The van der Waals surface area contributed by atoms with Gasteiger partial charge in [0.2, 0.25) is 11.8 Å². The molecule has 7 nitrogen and oxygen atoms in total. The van der Waals surface area contributed by atoms with Crippen molar-refractivity contribution in [2.75, 3.05) is 11.9 Å². The first-order chi connectivity index (χ1) is 14.8. The molecule has 8 heteroatoms. The summed E-state index contributed by atoms with van der Waals surface area (Å²) in [6.07, 6.45) is 4.34. The number of nitrogens with zero attached hydrogens (tertiary/aromatic N) is 2. The molecule has 1 atom stereocenters. The van der Waals surface area contributed by atoms with E-state index in [1.54, 1.807) is 11.3 Å². The van der Waals surface area contributed by atoms with Crippen molar-refractivity contribution in [2.45, 2.75) is 46.6 Å². The molecule has 0 saturated carbocycles. The van der Waals surface area contributed by atoms with Gasteiger partial charge in [0.15, 0.2) is 0 Å². The van der Waals surface area contributed by atoms with Crippen molar-refractivity contribution in [3.05, 3.63) is 56.4 Å². The summed E-state index contributed by atoms with van der Waals surface area (Å²) in [6.45, 7) is 5.73. The van der Waals surface area contributed by atoms with Gasteiger partial charge in [0.25, 0.3) is 5.56 Å². The zero-order valence-electron chi connectivity index (χ0n) is 17.9. The van der Waals surface area contributed by atoms with Crippen LogP contribution in [0.15, 0.2) is 29.3 Å². The van der Waals surface area contributed by atoms with Gasteiger partial charge < -0.3 is 10.6 Å². The monoisotopic (exact) mass is 438 g/mol. The third kappa shape index (κ3) is 4.39. The Balaban J connectivity index is 1.42. The Morgan fingerprint density at radius 1 is 1.23 bits per heavy atom. The summed E-state index contributed by atoms with van der Waals surface area (Å²) in [7, 11) is 0. The zero-order valence-corrected chi connectivity index (χ0v) is 18.8. The lowest BCUT2D eigenvalue weighted by Gasteiger charge is -2.17. The van der Waals surface area contributed by atoms with Crippen LogP contribution in [0.2, 0.25) is 0 Å². The second-order valence-corrected chi connectivity index (χ2v) is 9.38. The van der Waals surface area contributed by atoms with E-state index >= 15 is 0 Å². The second kappa shape index (κ2) is 8.63. The first-order valence-electron chi connectivity index (χ1n) is 10.5. The fourth-order valence-corrected chi connectivity index (χ4v) is 5.40. The molecule has 0 aliphatic heterocycles. The SMILES string of the molecule is Cc1cccc(C)c1NC(=O)CNC(=O)Cn1cnc2sc3c(c2c1=O)CCC(C)C3. The van der Waals surface area contributed by atoms with Crippen LogP contribution in [0.25, 0.3) is 10.2 Å². The molecular weight excluding hydrogens is 412 g/mol. The van der Waals surface area contributed by atoms with E-state index in [2.05, 4.69) is 22.5 Å². The van der Waals surface area contributed by atoms with E-state index in [0.717, 1.165) is 46.5 Å². The summed E-state index contributed by atoms with van der Waals surface area (Å²) in [5.74, 6) is -0.103. The van der Waals surface area contributed by atoms with Crippen LogP contribution in [0, 0.1) is 19.8 Å². The summed E-state index contributed by atoms with van der Waals surface area (Å²) in [5.41, 5.74) is 3.58. The number of benzene rings is 1. The Labute approximate surface area is 184 Å². The highest BCUT2D eigenvalue weighted by Crippen LogP contribution is 2.35. The van der Waals surface area contributed by atoms with Crippen LogP contribution in [-0.4, -0.2) is 27.9 Å². The molecule has 1 aliphatic carbocycles. The molecule has 4 rings (SSSR count). The van der Waals surface area contributed by atoms with Crippen molar-refractivity contribution in [2.24, 2.45) is 5.92 Å². The molecule has 1 unspecified atom stereocenters. The number of nitrogens with one attached hydrogen (secondary N) is 2. The van der Waals surface area contributed by atoms with Gasteiger partial charge >= 0.3 is 0 Å². The molecule has 1 aromatic carbocycles. The van der Waals surface area contributed by atoms with Crippen molar-refractivity contribution in [1.29, 1.82) is 0 Å². The van der Waals surface area contributed by atoms with Crippen molar-refractivity contribution in [1.82, 2.24) is 14.9 Å². The van der Waals surface area contributed by atoms with Gasteiger partial charge in [-0.1, -0.05) is 25.1 Å². The molecule has 0 saturated heterocycles. The predicted octanol–water partition coefficient (Wildman–Crippen LogP) is 2.95. The third-order valence-corrected chi connectivity index (χ3v) is 6.95. The van der Waals surface area contributed by atoms with Gasteiger partial charge in [-0.05, 0) is 55.7 Å². The van der Waals surface area contributed by atoms with Gasteiger partial charge in [0, 0.05) is 10.6 Å². The van der Waals surface area contributed by atoms with Gasteiger partial charge in [-0.3, -0.25) is 19.0 Å². The Kier molecular flexibility index (Phi) is 5.91. The standard InChI is InChI=1S/C23H26N4O3S/c1-13-7-8-16-17(9-13)31-22-20(16)23(30)27(12-25-22)11-19(29)24-10-18(28)26-21-14(2)5-4-6-15(21)3/h4-6,12-13H,7-11H2,1-3H3,(H,24,29)(H,26,28). The van der Waals surface area contributed by atoms with Crippen LogP contribution >= 0.6 is 11.3 Å². The largest absolute Gasteiger partial charge is 0.345 e. The van der Waals surface area contributed by atoms with Gasteiger partial charge in [-0.2, -0.15) is 0 Å². The maximum Gasteiger partial charge on any atom is 0.262 e. The second-order valence-electron chi connectivity index (χ2n) is 8.30. The third-order valence-electron chi connectivity index (χ3n) is 5.79. The molecule has 1 aliphatic rings. The lowest BCUT2D eigenvalue weighted by atomic mass is 9.89. The highest BCUT2D eigenvalue weighted by Gasteiger charge is 2.23. The molecule has 0 fully saturated rings. The molecule has 3 aromatic rings. The Morgan fingerprint density at radius 2 is 1.97 bits per heavy atom. The molecule has 2 aromatic heterocycles. The minimum Gasteiger partial charge on any atom is -0.345 e. The van der Waals surface area contributed by atoms with Crippen molar-refractivity contribution >= 4 is 39.1 Å². The van der Waals surface area contributed by atoms with Gasteiger partial charge in [-0.25, -0.2) is 4.98 Å². The topological polar surface area (TPSA) is 93.1 Å². The highest BCUT2D eigenvalue weighted by molar-refractivity contribution is 7.18. The number of fused-ring (bicyclic) bond motifs is 3. The maximum absolute atomic E-state index is 13.0. The minimum absolute atomic E-state index is 0.164. The van der Waals surface area contributed by atoms with Crippen molar-refractivity contribution in [3.63, 3.8) is 0 Å². The van der Waals surface area contributed by atoms with Crippen LogP contribution in [0.1, 0.15) is 34.9 Å². The summed E-state index contributed by atoms with van der Waals surface area (Å²) in [5, 5.41) is 6.07. The molecule has 31 heavy (non-hydrogen) atoms. The average Bonchev–Trinajstić information content (AvgIpc) is 3.09. The van der Waals surface area contributed by atoms with Gasteiger partial charge in [0.05, 0.1) is 18.3 Å². The quantitative estimate of drug-likeness (QED) is 0.641. The number of amides is 2. The van der Waals surface area contributed by atoms with Crippen LogP contribution in [0.3, 0.4) is 0 Å². The van der Waals surface area contributed by atoms with Crippen LogP contribution in [0.5, 0.6) is 0 Å². The Bertz CT molecular complexity index is 1210. The first kappa shape index (κ1) is 21.2. The van der Waals surface area contributed by atoms with Crippen LogP contribution in [0.4, 0.5) is 5.69 Å². The van der Waals surface area contributed by atoms with E-state index in [1.807, 2.05) is 32.0 Å². The first-order valence-corrected chi connectivity index (χ1v) is 11.3.